The predicted molar refractivity (Wildman–Crippen MR) is 91.9 cm³/mol. The zero-order valence-corrected chi connectivity index (χ0v) is 14.4. The lowest BCUT2D eigenvalue weighted by Gasteiger charge is -2.09. The lowest BCUT2D eigenvalue weighted by Crippen LogP contribution is -2.13. The second kappa shape index (κ2) is 8.42. The lowest BCUT2D eigenvalue weighted by molar-refractivity contribution is 0.306. The van der Waals surface area contributed by atoms with Gasteiger partial charge in [0.25, 0.3) is 0 Å². The van der Waals surface area contributed by atoms with Gasteiger partial charge in [-0.25, -0.2) is 0 Å². The number of hydrogen-bond acceptors (Lipinski definition) is 2. The van der Waals surface area contributed by atoms with Crippen molar-refractivity contribution >= 4 is 27.5 Å². The van der Waals surface area contributed by atoms with E-state index in [-0.39, 0.29) is 0 Å². The summed E-state index contributed by atoms with van der Waals surface area (Å²) in [5.41, 5.74) is 2.41. The molecule has 0 radical (unpaired) electrons. The van der Waals surface area contributed by atoms with E-state index < -0.39 is 0 Å². The summed E-state index contributed by atoms with van der Waals surface area (Å²) in [7, 11) is 0. The van der Waals surface area contributed by atoms with Gasteiger partial charge >= 0.3 is 0 Å². The Kier molecular flexibility index (Phi) is 6.55. The first kappa shape index (κ1) is 16.3. The summed E-state index contributed by atoms with van der Waals surface area (Å²) in [5.74, 6) is 0.694. The third kappa shape index (κ3) is 5.34. The van der Waals surface area contributed by atoms with E-state index in [4.69, 9.17) is 16.3 Å². The molecule has 0 saturated heterocycles. The highest BCUT2D eigenvalue weighted by atomic mass is 79.9. The zero-order valence-electron chi connectivity index (χ0n) is 12.0. The van der Waals surface area contributed by atoms with Crippen molar-refractivity contribution in [1.29, 1.82) is 0 Å². The second-order valence-corrected chi connectivity index (χ2v) is 6.18. The average Bonchev–Trinajstić information content (AvgIpc) is 2.50. The largest absolute Gasteiger partial charge is 0.487 e. The van der Waals surface area contributed by atoms with Gasteiger partial charge in [0.1, 0.15) is 12.4 Å². The fourth-order valence-corrected chi connectivity index (χ4v) is 2.42. The van der Waals surface area contributed by atoms with E-state index in [1.165, 1.54) is 5.56 Å². The minimum absolute atomic E-state index is 0.513. The van der Waals surface area contributed by atoms with Gasteiger partial charge in [0.15, 0.2) is 0 Å². The van der Waals surface area contributed by atoms with Crippen molar-refractivity contribution in [2.24, 2.45) is 0 Å². The maximum absolute atomic E-state index is 6.10. The molecule has 0 aliphatic heterocycles. The molecule has 0 spiro atoms. The molecule has 0 aliphatic rings. The first-order chi connectivity index (χ1) is 10.2. The Morgan fingerprint density at radius 3 is 2.52 bits per heavy atom. The van der Waals surface area contributed by atoms with Gasteiger partial charge in [-0.2, -0.15) is 0 Å². The highest BCUT2D eigenvalue weighted by Crippen LogP contribution is 2.28. The second-order valence-electron chi connectivity index (χ2n) is 4.86. The Hall–Kier alpha value is -1.03. The van der Waals surface area contributed by atoms with Crippen LogP contribution in [0, 0.1) is 0 Å². The minimum atomic E-state index is 0.513. The molecular weight excluding hydrogens is 350 g/mol. The van der Waals surface area contributed by atoms with Crippen LogP contribution >= 0.6 is 27.5 Å². The summed E-state index contributed by atoms with van der Waals surface area (Å²) in [5, 5.41) is 4.01. The summed E-state index contributed by atoms with van der Waals surface area (Å²) in [6, 6.07) is 14.0. The van der Waals surface area contributed by atoms with Crippen LogP contribution < -0.4 is 10.1 Å². The fourth-order valence-electron chi connectivity index (χ4n) is 1.91. The van der Waals surface area contributed by atoms with Gasteiger partial charge in [-0.15, -0.1) is 0 Å². The molecule has 0 unspecified atom stereocenters. The number of nitrogens with one attached hydrogen (secondary N) is 1. The van der Waals surface area contributed by atoms with Crippen LogP contribution in [-0.4, -0.2) is 6.54 Å². The van der Waals surface area contributed by atoms with Crippen LogP contribution in [-0.2, 0) is 13.2 Å². The molecule has 1 N–H and O–H groups in total. The standard InChI is InChI=1S/C17H19BrClNO/c1-2-9-20-11-13-3-5-14(6-4-13)12-21-17-10-15(18)7-8-16(17)19/h3-8,10,20H,2,9,11-12H2,1H3. The molecule has 0 heterocycles. The van der Waals surface area contributed by atoms with Gasteiger partial charge in [0, 0.05) is 11.0 Å². The molecule has 2 aromatic carbocycles. The zero-order chi connectivity index (χ0) is 15.1. The van der Waals surface area contributed by atoms with Crippen LogP contribution in [0.25, 0.3) is 0 Å². The average molecular weight is 369 g/mol. The van der Waals surface area contributed by atoms with Crippen molar-refractivity contribution in [3.05, 3.63) is 63.1 Å². The van der Waals surface area contributed by atoms with Crippen molar-refractivity contribution in [2.45, 2.75) is 26.5 Å². The highest BCUT2D eigenvalue weighted by molar-refractivity contribution is 9.10. The van der Waals surface area contributed by atoms with E-state index in [9.17, 15) is 0 Å². The first-order valence-electron chi connectivity index (χ1n) is 7.05. The maximum Gasteiger partial charge on any atom is 0.139 e. The Labute approximate surface area is 139 Å². The van der Waals surface area contributed by atoms with E-state index in [1.807, 2.05) is 18.2 Å². The van der Waals surface area contributed by atoms with Crippen LogP contribution in [0.1, 0.15) is 24.5 Å². The molecule has 0 amide bonds. The SMILES string of the molecule is CCCNCc1ccc(COc2cc(Br)ccc2Cl)cc1. The Morgan fingerprint density at radius 1 is 1.10 bits per heavy atom. The molecule has 4 heteroatoms. The molecule has 0 atom stereocenters. The predicted octanol–water partition coefficient (Wildman–Crippen LogP) is 5.18. The molecule has 112 valence electrons. The molecule has 0 bridgehead atoms. The molecule has 21 heavy (non-hydrogen) atoms. The molecule has 0 aliphatic carbocycles. The number of rotatable bonds is 7. The number of hydrogen-bond donors (Lipinski definition) is 1. The van der Waals surface area contributed by atoms with E-state index in [0.717, 1.165) is 29.5 Å². The normalized spacial score (nSPS) is 10.6. The molecule has 2 nitrogen and oxygen atoms in total. The molecule has 0 fully saturated rings. The van der Waals surface area contributed by atoms with Crippen LogP contribution in [0.2, 0.25) is 5.02 Å². The van der Waals surface area contributed by atoms with Crippen molar-refractivity contribution in [3.63, 3.8) is 0 Å². The van der Waals surface area contributed by atoms with Crippen molar-refractivity contribution < 1.29 is 4.74 Å². The summed E-state index contributed by atoms with van der Waals surface area (Å²) in [6.45, 7) is 4.64. The minimum Gasteiger partial charge on any atom is -0.487 e. The smallest absolute Gasteiger partial charge is 0.139 e. The van der Waals surface area contributed by atoms with Crippen LogP contribution in [0.4, 0.5) is 0 Å². The maximum atomic E-state index is 6.10. The molecule has 0 saturated carbocycles. The van der Waals surface area contributed by atoms with E-state index in [0.29, 0.717) is 17.4 Å². The van der Waals surface area contributed by atoms with Crippen LogP contribution in [0.5, 0.6) is 5.75 Å². The van der Waals surface area contributed by atoms with E-state index >= 15 is 0 Å². The topological polar surface area (TPSA) is 21.3 Å². The molecule has 2 aromatic rings. The van der Waals surface area contributed by atoms with Crippen LogP contribution in [0.3, 0.4) is 0 Å². The van der Waals surface area contributed by atoms with Gasteiger partial charge in [-0.05, 0) is 42.3 Å². The third-order valence-corrected chi connectivity index (χ3v) is 3.87. The highest BCUT2D eigenvalue weighted by Gasteiger charge is 2.03. The third-order valence-electron chi connectivity index (χ3n) is 3.07. The summed E-state index contributed by atoms with van der Waals surface area (Å²) >= 11 is 9.52. The quantitative estimate of drug-likeness (QED) is 0.680. The van der Waals surface area contributed by atoms with E-state index in [2.05, 4.69) is 52.4 Å². The lowest BCUT2D eigenvalue weighted by atomic mass is 10.1. The van der Waals surface area contributed by atoms with Gasteiger partial charge in [0.05, 0.1) is 5.02 Å². The molecule has 0 aromatic heterocycles. The number of benzene rings is 2. The Bertz CT molecular complexity index is 572. The number of halogens is 2. The van der Waals surface area contributed by atoms with Crippen molar-refractivity contribution in [2.75, 3.05) is 6.54 Å². The molecule has 2 rings (SSSR count). The van der Waals surface area contributed by atoms with Crippen molar-refractivity contribution in [3.8, 4) is 5.75 Å². The monoisotopic (exact) mass is 367 g/mol. The van der Waals surface area contributed by atoms with Gasteiger partial charge in [-0.3, -0.25) is 0 Å². The first-order valence-corrected chi connectivity index (χ1v) is 8.22. The van der Waals surface area contributed by atoms with Gasteiger partial charge in [-0.1, -0.05) is 58.7 Å². The summed E-state index contributed by atoms with van der Waals surface area (Å²) in [6.07, 6.45) is 1.15. The number of ether oxygens (including phenoxy) is 1. The van der Waals surface area contributed by atoms with Gasteiger partial charge in [0.2, 0.25) is 0 Å². The fraction of sp³-hybridized carbons (Fsp3) is 0.294. The van der Waals surface area contributed by atoms with Crippen LogP contribution in [0.15, 0.2) is 46.9 Å². The Morgan fingerprint density at radius 2 is 1.81 bits per heavy atom. The molecular formula is C17H19BrClNO. The Balaban J connectivity index is 1.90. The summed E-state index contributed by atoms with van der Waals surface area (Å²) < 4.78 is 6.72. The van der Waals surface area contributed by atoms with Crippen molar-refractivity contribution in [1.82, 2.24) is 5.32 Å². The van der Waals surface area contributed by atoms with Gasteiger partial charge < -0.3 is 10.1 Å². The van der Waals surface area contributed by atoms with E-state index in [1.54, 1.807) is 0 Å². The summed E-state index contributed by atoms with van der Waals surface area (Å²) in [4.78, 5) is 0.